The van der Waals surface area contributed by atoms with Gasteiger partial charge in [-0.2, -0.15) is 0 Å². The largest absolute Gasteiger partial charge is 0.317 e. The van der Waals surface area contributed by atoms with E-state index in [4.69, 9.17) is 0 Å². The zero-order valence-electron chi connectivity index (χ0n) is 9.84. The fraction of sp³-hybridized carbons (Fsp3) is 0.571. The molecule has 1 heteroatoms. The molecule has 1 aliphatic rings. The normalized spacial score (nSPS) is 18.0. The van der Waals surface area contributed by atoms with Gasteiger partial charge in [0.1, 0.15) is 0 Å². The number of aryl methyl sites for hydroxylation is 2. The molecule has 1 aliphatic heterocycles. The van der Waals surface area contributed by atoms with E-state index in [9.17, 15) is 0 Å². The summed E-state index contributed by atoms with van der Waals surface area (Å²) in [4.78, 5) is 0. The number of rotatable bonds is 2. The lowest BCUT2D eigenvalue weighted by Crippen LogP contribution is -2.28. The van der Waals surface area contributed by atoms with Gasteiger partial charge in [-0.05, 0) is 57.7 Å². The predicted molar refractivity (Wildman–Crippen MR) is 65.2 cm³/mol. The standard InChI is InChI=1S/C14H21N/c1-11-7-12(2)9-14(8-11)10-13-3-5-15-6-4-13/h7-9,13,15H,3-6,10H2,1-2H3. The van der Waals surface area contributed by atoms with Gasteiger partial charge in [-0.25, -0.2) is 0 Å². The van der Waals surface area contributed by atoms with Gasteiger partial charge in [0, 0.05) is 0 Å². The first-order chi connectivity index (χ1) is 7.24. The van der Waals surface area contributed by atoms with Crippen molar-refractivity contribution in [1.82, 2.24) is 5.32 Å². The van der Waals surface area contributed by atoms with Crippen LogP contribution in [0.1, 0.15) is 29.5 Å². The van der Waals surface area contributed by atoms with Gasteiger partial charge in [0.25, 0.3) is 0 Å². The molecule has 1 fully saturated rings. The molecule has 1 aromatic carbocycles. The smallest absolute Gasteiger partial charge is 0.00462 e. The molecule has 0 bridgehead atoms. The van der Waals surface area contributed by atoms with Crippen molar-refractivity contribution in [2.75, 3.05) is 13.1 Å². The van der Waals surface area contributed by atoms with E-state index in [2.05, 4.69) is 37.4 Å². The molecule has 1 heterocycles. The van der Waals surface area contributed by atoms with Crippen LogP contribution < -0.4 is 5.32 Å². The Morgan fingerprint density at radius 1 is 1.07 bits per heavy atom. The fourth-order valence-corrected chi connectivity index (χ4v) is 2.61. The van der Waals surface area contributed by atoms with Crippen molar-refractivity contribution in [3.8, 4) is 0 Å². The molecular formula is C14H21N. The molecule has 1 saturated heterocycles. The van der Waals surface area contributed by atoms with Crippen LogP contribution in [-0.2, 0) is 6.42 Å². The molecule has 0 aromatic heterocycles. The Labute approximate surface area is 92.9 Å². The fourth-order valence-electron chi connectivity index (χ4n) is 2.61. The molecule has 0 atom stereocenters. The molecular weight excluding hydrogens is 182 g/mol. The first-order valence-corrected chi connectivity index (χ1v) is 6.02. The van der Waals surface area contributed by atoms with Crippen molar-refractivity contribution in [3.05, 3.63) is 34.9 Å². The van der Waals surface area contributed by atoms with Crippen molar-refractivity contribution >= 4 is 0 Å². The maximum absolute atomic E-state index is 3.42. The van der Waals surface area contributed by atoms with Crippen molar-refractivity contribution in [2.24, 2.45) is 5.92 Å². The molecule has 1 nitrogen and oxygen atoms in total. The van der Waals surface area contributed by atoms with Crippen LogP contribution in [-0.4, -0.2) is 13.1 Å². The van der Waals surface area contributed by atoms with Gasteiger partial charge in [-0.15, -0.1) is 0 Å². The summed E-state index contributed by atoms with van der Waals surface area (Å²) in [5.41, 5.74) is 4.33. The molecule has 1 aromatic rings. The van der Waals surface area contributed by atoms with Crippen LogP contribution >= 0.6 is 0 Å². The minimum absolute atomic E-state index is 0.896. The summed E-state index contributed by atoms with van der Waals surface area (Å²) in [6.07, 6.45) is 3.95. The number of benzene rings is 1. The van der Waals surface area contributed by atoms with Crippen molar-refractivity contribution < 1.29 is 0 Å². The van der Waals surface area contributed by atoms with Crippen LogP contribution in [0.5, 0.6) is 0 Å². The minimum atomic E-state index is 0.896. The first kappa shape index (κ1) is 10.7. The molecule has 82 valence electrons. The third-order valence-electron chi connectivity index (χ3n) is 3.26. The third-order valence-corrected chi connectivity index (χ3v) is 3.26. The molecule has 0 spiro atoms. The molecule has 0 radical (unpaired) electrons. The Morgan fingerprint density at radius 2 is 1.67 bits per heavy atom. The maximum atomic E-state index is 3.42. The van der Waals surface area contributed by atoms with Gasteiger partial charge in [-0.1, -0.05) is 29.3 Å². The lowest BCUT2D eigenvalue weighted by atomic mass is 9.90. The molecule has 2 rings (SSSR count). The summed E-state index contributed by atoms with van der Waals surface area (Å²) in [7, 11) is 0. The summed E-state index contributed by atoms with van der Waals surface area (Å²) < 4.78 is 0. The van der Waals surface area contributed by atoms with Gasteiger partial charge >= 0.3 is 0 Å². The molecule has 1 N–H and O–H groups in total. The van der Waals surface area contributed by atoms with Crippen LogP contribution in [0.25, 0.3) is 0 Å². The molecule has 15 heavy (non-hydrogen) atoms. The van der Waals surface area contributed by atoms with Crippen molar-refractivity contribution in [3.63, 3.8) is 0 Å². The molecule has 0 aliphatic carbocycles. The summed E-state index contributed by atoms with van der Waals surface area (Å²) in [6.45, 7) is 6.79. The Morgan fingerprint density at radius 3 is 2.27 bits per heavy atom. The van der Waals surface area contributed by atoms with Gasteiger partial charge in [0.05, 0.1) is 0 Å². The van der Waals surface area contributed by atoms with Gasteiger partial charge < -0.3 is 5.32 Å². The van der Waals surface area contributed by atoms with Crippen molar-refractivity contribution in [1.29, 1.82) is 0 Å². The number of piperidine rings is 1. The van der Waals surface area contributed by atoms with Crippen LogP contribution in [0.2, 0.25) is 0 Å². The van der Waals surface area contributed by atoms with Crippen LogP contribution in [0.3, 0.4) is 0 Å². The first-order valence-electron chi connectivity index (χ1n) is 6.02. The van der Waals surface area contributed by atoms with E-state index < -0.39 is 0 Å². The Kier molecular flexibility index (Phi) is 3.42. The minimum Gasteiger partial charge on any atom is -0.317 e. The van der Waals surface area contributed by atoms with E-state index in [1.54, 1.807) is 0 Å². The molecule has 0 unspecified atom stereocenters. The average molecular weight is 203 g/mol. The molecule has 0 amide bonds. The highest BCUT2D eigenvalue weighted by atomic mass is 14.9. The Balaban J connectivity index is 2.02. The van der Waals surface area contributed by atoms with Crippen LogP contribution in [0.4, 0.5) is 0 Å². The van der Waals surface area contributed by atoms with Crippen LogP contribution in [0.15, 0.2) is 18.2 Å². The van der Waals surface area contributed by atoms with E-state index in [1.165, 1.54) is 49.0 Å². The Bertz CT molecular complexity index is 304. The van der Waals surface area contributed by atoms with Gasteiger partial charge in [-0.3, -0.25) is 0 Å². The lowest BCUT2D eigenvalue weighted by molar-refractivity contribution is 0.372. The number of hydrogen-bond acceptors (Lipinski definition) is 1. The quantitative estimate of drug-likeness (QED) is 0.779. The SMILES string of the molecule is Cc1cc(C)cc(CC2CCNCC2)c1. The lowest BCUT2D eigenvalue weighted by Gasteiger charge is -2.22. The zero-order chi connectivity index (χ0) is 10.7. The maximum Gasteiger partial charge on any atom is -0.00462 e. The third kappa shape index (κ3) is 3.07. The van der Waals surface area contributed by atoms with E-state index in [-0.39, 0.29) is 0 Å². The van der Waals surface area contributed by atoms with Gasteiger partial charge in [0.15, 0.2) is 0 Å². The van der Waals surface area contributed by atoms with E-state index >= 15 is 0 Å². The second kappa shape index (κ2) is 4.80. The number of hydrogen-bond donors (Lipinski definition) is 1. The zero-order valence-corrected chi connectivity index (χ0v) is 9.84. The van der Waals surface area contributed by atoms with Crippen LogP contribution in [0, 0.1) is 19.8 Å². The highest BCUT2D eigenvalue weighted by Crippen LogP contribution is 2.19. The predicted octanol–water partition coefficient (Wildman–Crippen LogP) is 2.85. The average Bonchev–Trinajstić information content (AvgIpc) is 2.17. The van der Waals surface area contributed by atoms with E-state index in [0.717, 1.165) is 5.92 Å². The molecule has 0 saturated carbocycles. The second-order valence-corrected chi connectivity index (χ2v) is 4.89. The second-order valence-electron chi connectivity index (χ2n) is 4.89. The Hall–Kier alpha value is -0.820. The summed E-state index contributed by atoms with van der Waals surface area (Å²) in [5, 5.41) is 3.42. The van der Waals surface area contributed by atoms with Crippen molar-refractivity contribution in [2.45, 2.75) is 33.1 Å². The summed E-state index contributed by atoms with van der Waals surface area (Å²) in [5.74, 6) is 0.896. The summed E-state index contributed by atoms with van der Waals surface area (Å²) >= 11 is 0. The van der Waals surface area contributed by atoms with Gasteiger partial charge in [0.2, 0.25) is 0 Å². The monoisotopic (exact) mass is 203 g/mol. The number of nitrogens with one attached hydrogen (secondary N) is 1. The van der Waals surface area contributed by atoms with E-state index in [1.807, 2.05) is 0 Å². The summed E-state index contributed by atoms with van der Waals surface area (Å²) in [6, 6.07) is 6.94. The topological polar surface area (TPSA) is 12.0 Å². The highest BCUT2D eigenvalue weighted by molar-refractivity contribution is 5.28. The highest BCUT2D eigenvalue weighted by Gasteiger charge is 2.13. The van der Waals surface area contributed by atoms with E-state index in [0.29, 0.717) is 0 Å².